The lowest BCUT2D eigenvalue weighted by Crippen LogP contribution is -2.39. The van der Waals surface area contributed by atoms with Crippen LogP contribution < -0.4 is 4.90 Å². The van der Waals surface area contributed by atoms with Crippen molar-refractivity contribution in [1.29, 1.82) is 0 Å². The van der Waals surface area contributed by atoms with Gasteiger partial charge in [-0.25, -0.2) is 9.97 Å². The molecule has 0 saturated carbocycles. The van der Waals surface area contributed by atoms with Crippen LogP contribution in [0.5, 0.6) is 0 Å². The van der Waals surface area contributed by atoms with Gasteiger partial charge in [-0.1, -0.05) is 0 Å². The highest BCUT2D eigenvalue weighted by Gasteiger charge is 2.26. The first-order valence-electron chi connectivity index (χ1n) is 6.51. The zero-order valence-electron chi connectivity index (χ0n) is 11.4. The number of rotatable bonds is 2. The number of aromatic nitrogens is 4. The van der Waals surface area contributed by atoms with Crippen LogP contribution in [0.4, 0.5) is 5.82 Å². The predicted octanol–water partition coefficient (Wildman–Crippen LogP) is 2.16. The molecule has 0 radical (unpaired) electrons. The molecule has 20 heavy (non-hydrogen) atoms. The molecule has 7 heteroatoms. The molecule has 2 aromatic rings. The van der Waals surface area contributed by atoms with E-state index in [1.807, 2.05) is 20.0 Å². The number of hydrogen-bond donors (Lipinski definition) is 1. The molecule has 2 aromatic heterocycles. The van der Waals surface area contributed by atoms with E-state index in [1.165, 1.54) is 0 Å². The normalized spacial score (nSPS) is 19.4. The van der Waals surface area contributed by atoms with Crippen molar-refractivity contribution in [2.75, 3.05) is 24.6 Å². The quantitative estimate of drug-likeness (QED) is 0.909. The van der Waals surface area contributed by atoms with Gasteiger partial charge in [-0.3, -0.25) is 5.10 Å². The predicted molar refractivity (Wildman–Crippen MR) is 78.7 cm³/mol. The van der Waals surface area contributed by atoms with Gasteiger partial charge in [0.05, 0.1) is 17.6 Å². The van der Waals surface area contributed by atoms with E-state index in [4.69, 9.17) is 4.74 Å². The Morgan fingerprint density at radius 1 is 1.45 bits per heavy atom. The van der Waals surface area contributed by atoms with Gasteiger partial charge in [0.2, 0.25) is 0 Å². The van der Waals surface area contributed by atoms with Crippen molar-refractivity contribution in [2.45, 2.75) is 20.0 Å². The van der Waals surface area contributed by atoms with E-state index < -0.39 is 0 Å². The molecule has 1 fully saturated rings. The minimum Gasteiger partial charge on any atom is -0.366 e. The Balaban J connectivity index is 1.81. The fourth-order valence-electron chi connectivity index (χ4n) is 2.26. The number of aryl methyl sites for hydroxylation is 2. The Labute approximate surface area is 125 Å². The summed E-state index contributed by atoms with van der Waals surface area (Å²) in [6, 6.07) is 2.07. The number of ether oxygens (including phenoxy) is 1. The minimum atomic E-state index is -0.122. The van der Waals surface area contributed by atoms with Crippen LogP contribution in [-0.2, 0) is 4.74 Å². The molecule has 0 aliphatic carbocycles. The highest BCUT2D eigenvalue weighted by atomic mass is 79.9. The number of hydrogen-bond acceptors (Lipinski definition) is 5. The smallest absolute Gasteiger partial charge is 0.181 e. The molecular weight excluding hydrogens is 322 g/mol. The van der Waals surface area contributed by atoms with Crippen LogP contribution in [0.1, 0.15) is 23.3 Å². The van der Waals surface area contributed by atoms with Crippen LogP contribution >= 0.6 is 15.9 Å². The second kappa shape index (κ2) is 5.49. The molecular formula is C13H16BrN5O. The van der Waals surface area contributed by atoms with Crippen LogP contribution in [0.25, 0.3) is 0 Å². The maximum absolute atomic E-state index is 5.76. The van der Waals surface area contributed by atoms with Gasteiger partial charge in [-0.15, -0.1) is 0 Å². The number of morpholine rings is 1. The number of halogens is 1. The second-order valence-corrected chi connectivity index (χ2v) is 5.76. The van der Waals surface area contributed by atoms with Gasteiger partial charge >= 0.3 is 0 Å². The molecule has 6 nitrogen and oxygen atoms in total. The number of nitrogens with one attached hydrogen (secondary N) is 1. The van der Waals surface area contributed by atoms with Crippen molar-refractivity contribution in [3.8, 4) is 0 Å². The summed E-state index contributed by atoms with van der Waals surface area (Å²) in [5.41, 5.74) is 1.13. The summed E-state index contributed by atoms with van der Waals surface area (Å²) in [4.78, 5) is 11.1. The molecule has 1 aliphatic rings. The zero-order valence-corrected chi connectivity index (χ0v) is 13.0. The summed E-state index contributed by atoms with van der Waals surface area (Å²) in [7, 11) is 0. The maximum atomic E-state index is 5.76. The molecule has 1 aliphatic heterocycles. The van der Waals surface area contributed by atoms with Gasteiger partial charge in [0.25, 0.3) is 0 Å². The average molecular weight is 338 g/mol. The first-order chi connectivity index (χ1) is 9.63. The molecule has 3 heterocycles. The SMILES string of the molecule is Cc1cnc(N2CCO[C@@H](c3n[nH]c(C)n3)C2)c(Br)c1. The number of aromatic amines is 1. The minimum absolute atomic E-state index is 0.122. The Morgan fingerprint density at radius 3 is 3.00 bits per heavy atom. The fourth-order valence-corrected chi connectivity index (χ4v) is 2.98. The summed E-state index contributed by atoms with van der Waals surface area (Å²) in [6.45, 7) is 6.07. The highest BCUT2D eigenvalue weighted by molar-refractivity contribution is 9.10. The van der Waals surface area contributed by atoms with E-state index in [0.29, 0.717) is 19.0 Å². The van der Waals surface area contributed by atoms with E-state index in [-0.39, 0.29) is 6.10 Å². The maximum Gasteiger partial charge on any atom is 0.181 e. The first kappa shape index (κ1) is 13.5. The number of nitrogens with zero attached hydrogens (tertiary/aromatic N) is 4. The van der Waals surface area contributed by atoms with Crippen molar-refractivity contribution < 1.29 is 4.74 Å². The summed E-state index contributed by atoms with van der Waals surface area (Å²) in [6.07, 6.45) is 1.75. The van der Waals surface area contributed by atoms with Crippen LogP contribution in [-0.4, -0.2) is 39.9 Å². The molecule has 1 atom stereocenters. The van der Waals surface area contributed by atoms with E-state index in [1.54, 1.807) is 0 Å². The Hall–Kier alpha value is -1.47. The molecule has 1 N–H and O–H groups in total. The van der Waals surface area contributed by atoms with E-state index in [9.17, 15) is 0 Å². The Morgan fingerprint density at radius 2 is 2.30 bits per heavy atom. The Bertz CT molecular complexity index is 615. The monoisotopic (exact) mass is 337 g/mol. The van der Waals surface area contributed by atoms with E-state index in [2.05, 4.69) is 47.1 Å². The molecule has 3 rings (SSSR count). The highest BCUT2D eigenvalue weighted by Crippen LogP contribution is 2.28. The number of H-pyrrole nitrogens is 1. The van der Waals surface area contributed by atoms with E-state index in [0.717, 1.165) is 28.2 Å². The third-order valence-electron chi connectivity index (χ3n) is 3.23. The van der Waals surface area contributed by atoms with Gasteiger partial charge in [0, 0.05) is 12.7 Å². The summed E-state index contributed by atoms with van der Waals surface area (Å²) in [5.74, 6) is 2.45. The van der Waals surface area contributed by atoms with Crippen molar-refractivity contribution in [1.82, 2.24) is 20.2 Å². The van der Waals surface area contributed by atoms with Gasteiger partial charge in [-0.05, 0) is 41.4 Å². The Kier molecular flexibility index (Phi) is 3.71. The van der Waals surface area contributed by atoms with Gasteiger partial charge < -0.3 is 9.64 Å². The molecule has 0 spiro atoms. The molecule has 106 valence electrons. The van der Waals surface area contributed by atoms with Gasteiger partial charge in [0.15, 0.2) is 5.82 Å². The molecule has 0 aromatic carbocycles. The van der Waals surface area contributed by atoms with Crippen LogP contribution in [0.15, 0.2) is 16.7 Å². The molecule has 1 saturated heterocycles. The average Bonchev–Trinajstić information content (AvgIpc) is 2.86. The third-order valence-corrected chi connectivity index (χ3v) is 3.81. The van der Waals surface area contributed by atoms with E-state index >= 15 is 0 Å². The third kappa shape index (κ3) is 2.69. The van der Waals surface area contributed by atoms with Crippen molar-refractivity contribution >= 4 is 21.7 Å². The largest absolute Gasteiger partial charge is 0.366 e. The van der Waals surface area contributed by atoms with Crippen molar-refractivity contribution in [3.63, 3.8) is 0 Å². The summed E-state index contributed by atoms with van der Waals surface area (Å²) >= 11 is 3.58. The van der Waals surface area contributed by atoms with Gasteiger partial charge in [-0.2, -0.15) is 5.10 Å². The first-order valence-corrected chi connectivity index (χ1v) is 7.30. The lowest BCUT2D eigenvalue weighted by Gasteiger charge is -2.33. The standard InChI is InChI=1S/C13H16BrN5O/c1-8-5-10(14)13(15-6-8)19-3-4-20-11(7-19)12-16-9(2)17-18-12/h5-6,11H,3-4,7H2,1-2H3,(H,16,17,18)/t11-/m1/s1. The fraction of sp³-hybridized carbons (Fsp3) is 0.462. The zero-order chi connectivity index (χ0) is 14.1. The summed E-state index contributed by atoms with van der Waals surface area (Å²) in [5, 5.41) is 7.04. The number of anilines is 1. The molecule has 0 amide bonds. The topological polar surface area (TPSA) is 66.9 Å². The second-order valence-electron chi connectivity index (χ2n) is 4.90. The lowest BCUT2D eigenvalue weighted by molar-refractivity contribution is 0.0339. The van der Waals surface area contributed by atoms with Crippen LogP contribution in [0, 0.1) is 13.8 Å². The molecule has 0 unspecified atom stereocenters. The van der Waals surface area contributed by atoms with Gasteiger partial charge in [0.1, 0.15) is 17.7 Å². The van der Waals surface area contributed by atoms with Crippen molar-refractivity contribution in [2.24, 2.45) is 0 Å². The summed E-state index contributed by atoms with van der Waals surface area (Å²) < 4.78 is 6.77. The number of pyridine rings is 1. The van der Waals surface area contributed by atoms with Crippen LogP contribution in [0.3, 0.4) is 0 Å². The lowest BCUT2D eigenvalue weighted by atomic mass is 10.2. The molecule has 0 bridgehead atoms. The van der Waals surface area contributed by atoms with Crippen LogP contribution in [0.2, 0.25) is 0 Å². The van der Waals surface area contributed by atoms with Crippen molar-refractivity contribution in [3.05, 3.63) is 33.9 Å².